The lowest BCUT2D eigenvalue weighted by atomic mass is 9.94. The number of nitrogens with one attached hydrogen (secondary N) is 3. The fraction of sp³-hybridized carbons (Fsp3) is 0.536. The van der Waals surface area contributed by atoms with Gasteiger partial charge in [-0.2, -0.15) is 0 Å². The van der Waals surface area contributed by atoms with Crippen LogP contribution in [-0.2, 0) is 36.8 Å². The van der Waals surface area contributed by atoms with Gasteiger partial charge in [-0.1, -0.05) is 30.3 Å². The summed E-state index contributed by atoms with van der Waals surface area (Å²) in [6, 6.07) is 6.31. The van der Waals surface area contributed by atoms with Gasteiger partial charge in [-0.25, -0.2) is 4.79 Å². The number of carbonyl (C=O) groups is 5. The Kier molecular flexibility index (Phi) is 7.89. The van der Waals surface area contributed by atoms with Gasteiger partial charge < -0.3 is 25.6 Å². The van der Waals surface area contributed by atoms with Crippen molar-refractivity contribution in [3.63, 3.8) is 0 Å². The molecule has 0 spiro atoms. The molecule has 0 unspecified atom stereocenters. The number of ketones is 1. The van der Waals surface area contributed by atoms with Gasteiger partial charge in [-0.15, -0.1) is 6.58 Å². The van der Waals surface area contributed by atoms with Crippen LogP contribution in [0.1, 0.15) is 38.3 Å². The number of hydrogen-bond acceptors (Lipinski definition) is 6. The summed E-state index contributed by atoms with van der Waals surface area (Å²) in [7, 11) is 0. The van der Waals surface area contributed by atoms with Crippen LogP contribution in [0.4, 0.5) is 4.79 Å². The van der Waals surface area contributed by atoms with E-state index in [1.165, 1.54) is 11.0 Å². The highest BCUT2D eigenvalue weighted by molar-refractivity contribution is 6.37. The number of alkyl carbamates (subject to hydrolysis) is 1. The molecule has 0 bridgehead atoms. The van der Waals surface area contributed by atoms with Gasteiger partial charge in [0.2, 0.25) is 17.6 Å². The molecule has 2 aliphatic carbocycles. The minimum atomic E-state index is -0.878. The molecular weight excluding hydrogens is 488 g/mol. The number of likely N-dealkylation sites (tertiary alicyclic amines) is 1. The van der Waals surface area contributed by atoms with Crippen molar-refractivity contribution in [2.75, 3.05) is 19.6 Å². The Hall–Kier alpha value is -3.69. The zero-order valence-electron chi connectivity index (χ0n) is 22.1. The van der Waals surface area contributed by atoms with Gasteiger partial charge in [0.25, 0.3) is 5.91 Å². The summed E-state index contributed by atoms with van der Waals surface area (Å²) >= 11 is 0. The fourth-order valence-corrected chi connectivity index (χ4v) is 5.47. The van der Waals surface area contributed by atoms with E-state index in [0.29, 0.717) is 19.4 Å². The van der Waals surface area contributed by atoms with Crippen LogP contribution in [-0.4, -0.2) is 71.8 Å². The van der Waals surface area contributed by atoms with Crippen molar-refractivity contribution in [2.45, 2.75) is 57.7 Å². The molecule has 1 aromatic rings. The van der Waals surface area contributed by atoms with Crippen LogP contribution in [0.25, 0.3) is 0 Å². The number of fused-ring (bicyclic) bond motifs is 2. The Bertz CT molecular complexity index is 1120. The van der Waals surface area contributed by atoms with Crippen molar-refractivity contribution in [3.05, 3.63) is 48.0 Å². The third-order valence-corrected chi connectivity index (χ3v) is 7.28. The first kappa shape index (κ1) is 27.3. The molecule has 3 N–H and O–H groups in total. The number of rotatable bonds is 9. The van der Waals surface area contributed by atoms with Gasteiger partial charge in [0.1, 0.15) is 17.7 Å². The van der Waals surface area contributed by atoms with Crippen molar-refractivity contribution >= 4 is 29.6 Å². The van der Waals surface area contributed by atoms with E-state index < -0.39 is 47.9 Å². The summed E-state index contributed by atoms with van der Waals surface area (Å²) in [6.07, 6.45) is 2.81. The van der Waals surface area contributed by atoms with Gasteiger partial charge in [-0.05, 0) is 68.9 Å². The number of Topliss-reactive ketones (excluding diaryl/α,β-unsaturated/α-hetero) is 1. The minimum absolute atomic E-state index is 0.00778. The third-order valence-electron chi connectivity index (χ3n) is 7.28. The Morgan fingerprint density at radius 3 is 2.37 bits per heavy atom. The van der Waals surface area contributed by atoms with Gasteiger partial charge >= 0.3 is 6.09 Å². The summed E-state index contributed by atoms with van der Waals surface area (Å²) < 4.78 is 5.46. The molecule has 0 radical (unpaired) electrons. The van der Waals surface area contributed by atoms with E-state index in [1.807, 2.05) is 24.3 Å². The van der Waals surface area contributed by atoms with Crippen LogP contribution >= 0.6 is 0 Å². The lowest BCUT2D eigenvalue weighted by Crippen LogP contribution is -2.58. The second kappa shape index (κ2) is 11.0. The molecule has 1 aromatic carbocycles. The lowest BCUT2D eigenvalue weighted by molar-refractivity contribution is -0.143. The Morgan fingerprint density at radius 1 is 1.11 bits per heavy atom. The summed E-state index contributed by atoms with van der Waals surface area (Å²) in [6.45, 7) is 8.82. The Labute approximate surface area is 222 Å². The topological polar surface area (TPSA) is 134 Å². The number of nitrogens with zero attached hydrogens (tertiary/aromatic N) is 1. The second-order valence-electron chi connectivity index (χ2n) is 11.3. The van der Waals surface area contributed by atoms with Crippen molar-refractivity contribution in [1.29, 1.82) is 0 Å². The smallest absolute Gasteiger partial charge is 0.408 e. The molecule has 10 heteroatoms. The van der Waals surface area contributed by atoms with Gasteiger partial charge in [0.15, 0.2) is 0 Å². The Morgan fingerprint density at radius 2 is 1.76 bits per heavy atom. The van der Waals surface area contributed by atoms with E-state index in [0.717, 1.165) is 17.5 Å². The average molecular weight is 525 g/mol. The number of carbonyl (C=O) groups excluding carboxylic acids is 5. The highest BCUT2D eigenvalue weighted by atomic mass is 16.6. The second-order valence-corrected chi connectivity index (χ2v) is 11.3. The number of benzene rings is 1. The molecule has 0 aromatic heterocycles. The molecular formula is C28H36N4O6. The first-order valence-electron chi connectivity index (χ1n) is 13.0. The number of piperidine rings is 1. The van der Waals surface area contributed by atoms with E-state index in [-0.39, 0.29) is 30.2 Å². The standard InChI is InChI=1S/C28H36N4O6/c1-5-10-29-24(34)21(33)14-30-25(35)23-20-13-19(20)15-32(23)26(36)22(31-27(37)38-28(2,3)4)18-11-16-8-6-7-9-17(16)12-18/h5-9,18-20,22-23H,1,10-15H2,2-4H3,(H,29,34)(H,30,35)(H,31,37)/t19-,20-,22-,23-/m0/s1. The summed E-state index contributed by atoms with van der Waals surface area (Å²) in [4.78, 5) is 65.3. The molecule has 4 rings (SSSR count). The molecule has 10 nitrogen and oxygen atoms in total. The lowest BCUT2D eigenvalue weighted by Gasteiger charge is -2.33. The molecule has 1 saturated heterocycles. The predicted octanol–water partition coefficient (Wildman–Crippen LogP) is 1.13. The first-order valence-corrected chi connectivity index (χ1v) is 13.0. The van der Waals surface area contributed by atoms with Crippen LogP contribution < -0.4 is 16.0 Å². The van der Waals surface area contributed by atoms with Gasteiger partial charge in [0.05, 0.1) is 6.54 Å². The largest absolute Gasteiger partial charge is 0.444 e. The highest BCUT2D eigenvalue weighted by Gasteiger charge is 2.58. The molecule has 1 heterocycles. The zero-order valence-corrected chi connectivity index (χ0v) is 22.1. The normalized spacial score (nSPS) is 22.5. The number of ether oxygens (including phenoxy) is 1. The monoisotopic (exact) mass is 524 g/mol. The van der Waals surface area contributed by atoms with E-state index in [1.54, 1.807) is 20.8 Å². The van der Waals surface area contributed by atoms with Crippen LogP contribution in [0, 0.1) is 17.8 Å². The van der Waals surface area contributed by atoms with Crippen LogP contribution in [0.5, 0.6) is 0 Å². The van der Waals surface area contributed by atoms with Crippen LogP contribution in [0.2, 0.25) is 0 Å². The van der Waals surface area contributed by atoms with Gasteiger partial charge in [0, 0.05) is 13.1 Å². The quantitative estimate of drug-likeness (QED) is 0.328. The predicted molar refractivity (Wildman–Crippen MR) is 139 cm³/mol. The van der Waals surface area contributed by atoms with Gasteiger partial charge in [-0.3, -0.25) is 19.2 Å². The number of amides is 4. The molecule has 38 heavy (non-hydrogen) atoms. The molecule has 2 fully saturated rings. The summed E-state index contributed by atoms with van der Waals surface area (Å²) in [5, 5.41) is 7.72. The molecule has 1 aliphatic heterocycles. The highest BCUT2D eigenvalue weighted by Crippen LogP contribution is 2.50. The van der Waals surface area contributed by atoms with Crippen molar-refractivity contribution in [3.8, 4) is 0 Å². The fourth-order valence-electron chi connectivity index (χ4n) is 5.47. The SMILES string of the molecule is C=CCNC(=O)C(=O)CNC(=O)[C@@H]1[C@H]2C[C@H]2CN1C(=O)[C@@H](NC(=O)OC(C)(C)C)C1Cc2ccccc2C1. The summed E-state index contributed by atoms with van der Waals surface area (Å²) in [5.41, 5.74) is 1.53. The molecule has 4 atom stereocenters. The molecule has 1 saturated carbocycles. The van der Waals surface area contributed by atoms with E-state index >= 15 is 0 Å². The van der Waals surface area contributed by atoms with Crippen LogP contribution in [0.3, 0.4) is 0 Å². The molecule has 4 amide bonds. The maximum absolute atomic E-state index is 14.0. The van der Waals surface area contributed by atoms with Crippen molar-refractivity contribution in [2.24, 2.45) is 17.8 Å². The number of hydrogen-bond donors (Lipinski definition) is 3. The average Bonchev–Trinajstić information content (AvgIpc) is 3.31. The van der Waals surface area contributed by atoms with E-state index in [2.05, 4.69) is 22.5 Å². The van der Waals surface area contributed by atoms with Crippen molar-refractivity contribution < 1.29 is 28.7 Å². The zero-order chi connectivity index (χ0) is 27.6. The molecule has 3 aliphatic rings. The van der Waals surface area contributed by atoms with E-state index in [9.17, 15) is 24.0 Å². The van der Waals surface area contributed by atoms with E-state index in [4.69, 9.17) is 4.74 Å². The Balaban J connectivity index is 1.48. The van der Waals surface area contributed by atoms with Crippen LogP contribution in [0.15, 0.2) is 36.9 Å². The molecule has 204 valence electrons. The minimum Gasteiger partial charge on any atom is -0.444 e. The maximum atomic E-state index is 14.0. The summed E-state index contributed by atoms with van der Waals surface area (Å²) in [5.74, 6) is -2.40. The first-order chi connectivity index (χ1) is 18.0. The maximum Gasteiger partial charge on any atom is 0.408 e. The third kappa shape index (κ3) is 6.23. The van der Waals surface area contributed by atoms with Crippen molar-refractivity contribution in [1.82, 2.24) is 20.9 Å².